The fourth-order valence-electron chi connectivity index (χ4n) is 2.06. The Hall–Kier alpha value is -1.43. The van der Waals surface area contributed by atoms with Gasteiger partial charge in [0.25, 0.3) is 0 Å². The van der Waals surface area contributed by atoms with Crippen molar-refractivity contribution < 1.29 is 9.90 Å². The van der Waals surface area contributed by atoms with Crippen LogP contribution in [0.3, 0.4) is 0 Å². The third-order valence-electron chi connectivity index (χ3n) is 3.26. The monoisotopic (exact) mass is 281 g/mol. The first-order chi connectivity index (χ1) is 8.89. The number of aromatic nitrogens is 1. The number of anilines is 2. The molecule has 104 valence electrons. The van der Waals surface area contributed by atoms with Crippen LogP contribution >= 0.6 is 11.8 Å². The third-order valence-corrected chi connectivity index (χ3v) is 4.63. The van der Waals surface area contributed by atoms with Crippen molar-refractivity contribution in [2.45, 2.75) is 25.0 Å². The van der Waals surface area contributed by atoms with E-state index in [0.29, 0.717) is 11.5 Å². The average Bonchev–Trinajstić information content (AvgIpc) is 2.51. The first-order valence-electron chi connectivity index (χ1n) is 6.28. The van der Waals surface area contributed by atoms with Crippen LogP contribution in [0.15, 0.2) is 12.1 Å². The van der Waals surface area contributed by atoms with Crippen LogP contribution in [0.25, 0.3) is 0 Å². The summed E-state index contributed by atoms with van der Waals surface area (Å²) in [7, 11) is 0. The largest absolute Gasteiger partial charge is 0.477 e. The zero-order valence-corrected chi connectivity index (χ0v) is 12.0. The van der Waals surface area contributed by atoms with Crippen LogP contribution in [0.4, 0.5) is 11.5 Å². The molecule has 6 heteroatoms. The molecule has 0 saturated carbocycles. The molecule has 0 spiro atoms. The summed E-state index contributed by atoms with van der Waals surface area (Å²) in [6.07, 6.45) is 1.02. The molecule has 1 fully saturated rings. The predicted molar refractivity (Wildman–Crippen MR) is 79.0 cm³/mol. The predicted octanol–water partition coefficient (Wildman–Crippen LogP) is 2.08. The van der Waals surface area contributed by atoms with Gasteiger partial charge in [0.1, 0.15) is 0 Å². The average molecular weight is 281 g/mol. The molecule has 0 unspecified atom stereocenters. The highest BCUT2D eigenvalue weighted by Crippen LogP contribution is 2.33. The zero-order valence-electron chi connectivity index (χ0n) is 11.2. The second-order valence-electron chi connectivity index (χ2n) is 5.26. The summed E-state index contributed by atoms with van der Waals surface area (Å²) >= 11 is 1.93. The minimum absolute atomic E-state index is 0.0420. The molecular weight excluding hydrogens is 262 g/mol. The molecule has 19 heavy (non-hydrogen) atoms. The Morgan fingerprint density at radius 1 is 1.47 bits per heavy atom. The standard InChI is InChI=1S/C13H19N3O2S/c1-13(2)5-6-16(7-8-19-13)11-9(14)3-4-10(15-11)12(17)18/h3-4H,5-8,14H2,1-2H3,(H,17,18). The normalized spacial score (nSPS) is 18.9. The Bertz CT molecular complexity index is 491. The Morgan fingerprint density at radius 2 is 2.21 bits per heavy atom. The molecule has 1 aromatic heterocycles. The number of nitrogen functional groups attached to an aromatic ring is 1. The van der Waals surface area contributed by atoms with Gasteiger partial charge in [0.15, 0.2) is 11.5 Å². The number of hydrogen-bond donors (Lipinski definition) is 2. The van der Waals surface area contributed by atoms with Gasteiger partial charge in [0, 0.05) is 23.6 Å². The maximum atomic E-state index is 11.0. The number of carboxylic acids is 1. The van der Waals surface area contributed by atoms with Crippen LogP contribution in [0.5, 0.6) is 0 Å². The van der Waals surface area contributed by atoms with Crippen molar-refractivity contribution in [3.8, 4) is 0 Å². The molecular formula is C13H19N3O2S. The summed E-state index contributed by atoms with van der Waals surface area (Å²) in [5.74, 6) is 0.565. The SMILES string of the molecule is CC1(C)CCN(c2nc(C(=O)O)ccc2N)CCS1. The number of thioether (sulfide) groups is 1. The second kappa shape index (κ2) is 5.28. The maximum Gasteiger partial charge on any atom is 0.354 e. The number of carbonyl (C=O) groups is 1. The molecule has 1 aromatic rings. The molecule has 2 heterocycles. The van der Waals surface area contributed by atoms with Gasteiger partial charge < -0.3 is 15.7 Å². The summed E-state index contributed by atoms with van der Waals surface area (Å²) in [6.45, 7) is 6.14. The van der Waals surface area contributed by atoms with Gasteiger partial charge in [0.2, 0.25) is 0 Å². The molecule has 2 rings (SSSR count). The highest BCUT2D eigenvalue weighted by molar-refractivity contribution is 8.00. The smallest absolute Gasteiger partial charge is 0.354 e. The van der Waals surface area contributed by atoms with Crippen molar-refractivity contribution in [2.24, 2.45) is 0 Å². The van der Waals surface area contributed by atoms with Gasteiger partial charge >= 0.3 is 5.97 Å². The van der Waals surface area contributed by atoms with Gasteiger partial charge in [-0.25, -0.2) is 9.78 Å². The summed E-state index contributed by atoms with van der Waals surface area (Å²) in [5.41, 5.74) is 6.51. The topological polar surface area (TPSA) is 79.5 Å². The van der Waals surface area contributed by atoms with Crippen LogP contribution < -0.4 is 10.6 Å². The van der Waals surface area contributed by atoms with E-state index in [9.17, 15) is 4.79 Å². The molecule has 5 nitrogen and oxygen atoms in total. The molecule has 3 N–H and O–H groups in total. The van der Waals surface area contributed by atoms with Crippen LogP contribution in [0.2, 0.25) is 0 Å². The molecule has 1 aliphatic heterocycles. The Kier molecular flexibility index (Phi) is 3.89. The number of rotatable bonds is 2. The van der Waals surface area contributed by atoms with Crippen LogP contribution in [-0.2, 0) is 0 Å². The fourth-order valence-corrected chi connectivity index (χ4v) is 3.16. The highest BCUT2D eigenvalue weighted by atomic mass is 32.2. The van der Waals surface area contributed by atoms with Crippen LogP contribution in [0, 0.1) is 0 Å². The Labute approximate surface area is 117 Å². The molecule has 1 saturated heterocycles. The van der Waals surface area contributed by atoms with Crippen molar-refractivity contribution >= 4 is 29.2 Å². The van der Waals surface area contributed by atoms with Crippen molar-refractivity contribution in [3.63, 3.8) is 0 Å². The van der Waals surface area contributed by atoms with E-state index < -0.39 is 5.97 Å². The van der Waals surface area contributed by atoms with Gasteiger partial charge in [-0.15, -0.1) is 0 Å². The molecule has 0 aromatic carbocycles. The van der Waals surface area contributed by atoms with E-state index >= 15 is 0 Å². The molecule has 0 aliphatic carbocycles. The lowest BCUT2D eigenvalue weighted by Crippen LogP contribution is -2.29. The quantitative estimate of drug-likeness (QED) is 0.864. The number of carboxylic acid groups (broad SMARTS) is 1. The molecule has 0 bridgehead atoms. The lowest BCUT2D eigenvalue weighted by atomic mass is 10.1. The van der Waals surface area contributed by atoms with Crippen molar-refractivity contribution in [2.75, 3.05) is 29.5 Å². The first-order valence-corrected chi connectivity index (χ1v) is 7.26. The van der Waals surface area contributed by atoms with Gasteiger partial charge in [0.05, 0.1) is 5.69 Å². The summed E-state index contributed by atoms with van der Waals surface area (Å²) in [4.78, 5) is 17.3. The Morgan fingerprint density at radius 3 is 2.89 bits per heavy atom. The van der Waals surface area contributed by atoms with Crippen molar-refractivity contribution in [1.29, 1.82) is 0 Å². The molecule has 1 aliphatic rings. The van der Waals surface area contributed by atoms with Gasteiger partial charge in [-0.2, -0.15) is 11.8 Å². The van der Waals surface area contributed by atoms with E-state index in [1.807, 2.05) is 11.8 Å². The second-order valence-corrected chi connectivity index (χ2v) is 7.06. The number of nitrogens with zero attached hydrogens (tertiary/aromatic N) is 2. The van der Waals surface area contributed by atoms with Gasteiger partial charge in [-0.05, 0) is 18.6 Å². The lowest BCUT2D eigenvalue weighted by Gasteiger charge is -2.24. The molecule has 0 amide bonds. The minimum Gasteiger partial charge on any atom is -0.477 e. The molecule has 0 radical (unpaired) electrons. The number of nitrogens with two attached hydrogens (primary N) is 1. The van der Waals surface area contributed by atoms with E-state index in [4.69, 9.17) is 10.8 Å². The highest BCUT2D eigenvalue weighted by Gasteiger charge is 2.25. The van der Waals surface area contributed by atoms with E-state index in [1.54, 1.807) is 6.07 Å². The van der Waals surface area contributed by atoms with Crippen LogP contribution in [-0.4, -0.2) is 39.6 Å². The van der Waals surface area contributed by atoms with E-state index in [0.717, 1.165) is 25.3 Å². The Balaban J connectivity index is 2.25. The van der Waals surface area contributed by atoms with E-state index in [-0.39, 0.29) is 10.4 Å². The van der Waals surface area contributed by atoms with Gasteiger partial charge in [-0.1, -0.05) is 13.8 Å². The zero-order chi connectivity index (χ0) is 14.0. The van der Waals surface area contributed by atoms with E-state index in [1.165, 1.54) is 6.07 Å². The summed E-state index contributed by atoms with van der Waals surface area (Å²) in [6, 6.07) is 3.06. The summed E-state index contributed by atoms with van der Waals surface area (Å²) in [5, 5.41) is 9.01. The first kappa shape index (κ1) is 14.0. The summed E-state index contributed by atoms with van der Waals surface area (Å²) < 4.78 is 0.244. The van der Waals surface area contributed by atoms with Crippen LogP contribution in [0.1, 0.15) is 30.8 Å². The third kappa shape index (κ3) is 3.32. The lowest BCUT2D eigenvalue weighted by molar-refractivity contribution is 0.0690. The maximum absolute atomic E-state index is 11.0. The van der Waals surface area contributed by atoms with Gasteiger partial charge in [-0.3, -0.25) is 0 Å². The fraction of sp³-hybridized carbons (Fsp3) is 0.538. The number of hydrogen-bond acceptors (Lipinski definition) is 5. The van der Waals surface area contributed by atoms with E-state index in [2.05, 4.69) is 23.7 Å². The van der Waals surface area contributed by atoms with Crippen molar-refractivity contribution in [1.82, 2.24) is 4.98 Å². The minimum atomic E-state index is -1.02. The number of aromatic carboxylic acids is 1. The molecule has 0 atom stereocenters. The number of pyridine rings is 1. The van der Waals surface area contributed by atoms with Crippen molar-refractivity contribution in [3.05, 3.63) is 17.8 Å².